The summed E-state index contributed by atoms with van der Waals surface area (Å²) < 4.78 is 17.9. The van der Waals surface area contributed by atoms with Gasteiger partial charge in [0.25, 0.3) is 5.91 Å². The molecule has 8 nitrogen and oxygen atoms in total. The third-order valence-electron chi connectivity index (χ3n) is 9.52. The molecular weight excluding hydrogens is 626 g/mol. The molecule has 1 heterocycles. The van der Waals surface area contributed by atoms with Crippen LogP contribution in [0.5, 0.6) is 17.2 Å². The van der Waals surface area contributed by atoms with Gasteiger partial charge in [0.2, 0.25) is 6.79 Å². The number of carbonyl (C=O) groups excluding carboxylic acids is 2. The van der Waals surface area contributed by atoms with E-state index < -0.39 is 12.1 Å². The molecule has 254 valence electrons. The Labute approximate surface area is 292 Å². The lowest BCUT2D eigenvalue weighted by atomic mass is 9.70. The van der Waals surface area contributed by atoms with Crippen LogP contribution in [0.25, 0.3) is 0 Å². The zero-order valence-electron chi connectivity index (χ0n) is 27.9. The van der Waals surface area contributed by atoms with Crippen molar-refractivity contribution in [1.82, 2.24) is 5.32 Å². The first-order valence-corrected chi connectivity index (χ1v) is 17.2. The summed E-state index contributed by atoms with van der Waals surface area (Å²) in [7, 11) is 0. The zero-order chi connectivity index (χ0) is 34.2. The van der Waals surface area contributed by atoms with Gasteiger partial charge in [-0.15, -0.1) is 0 Å². The Kier molecular flexibility index (Phi) is 9.96. The Bertz CT molecular complexity index is 1870. The summed E-state index contributed by atoms with van der Waals surface area (Å²) >= 11 is 0. The number of amides is 3. The molecule has 2 aliphatic rings. The van der Waals surface area contributed by atoms with Crippen LogP contribution in [0.15, 0.2) is 127 Å². The van der Waals surface area contributed by atoms with Crippen LogP contribution < -0.4 is 30.2 Å². The largest absolute Gasteiger partial charge is 0.480 e. The van der Waals surface area contributed by atoms with E-state index in [1.165, 1.54) is 12.0 Å². The first-order chi connectivity index (χ1) is 24.5. The number of urea groups is 1. The average Bonchev–Trinajstić information content (AvgIpc) is 3.63. The third-order valence-corrected chi connectivity index (χ3v) is 9.52. The van der Waals surface area contributed by atoms with Crippen molar-refractivity contribution in [3.8, 4) is 17.2 Å². The van der Waals surface area contributed by atoms with Crippen molar-refractivity contribution in [2.45, 2.75) is 44.6 Å². The van der Waals surface area contributed by atoms with Crippen molar-refractivity contribution < 1.29 is 23.8 Å². The second-order valence-electron chi connectivity index (χ2n) is 13.1. The van der Waals surface area contributed by atoms with E-state index in [9.17, 15) is 9.59 Å². The van der Waals surface area contributed by atoms with Gasteiger partial charge in [-0.3, -0.25) is 4.79 Å². The number of nitrogens with one attached hydrogen (secondary N) is 3. The van der Waals surface area contributed by atoms with Crippen LogP contribution in [0.3, 0.4) is 0 Å². The first-order valence-electron chi connectivity index (χ1n) is 17.2. The number of benzene rings is 5. The molecule has 7 rings (SSSR count). The first kappa shape index (κ1) is 32.8. The van der Waals surface area contributed by atoms with Gasteiger partial charge in [-0.1, -0.05) is 104 Å². The molecule has 1 aliphatic carbocycles. The van der Waals surface area contributed by atoms with Crippen LogP contribution in [0.2, 0.25) is 0 Å². The maximum Gasteiger partial charge on any atom is 0.323 e. The molecule has 0 unspecified atom stereocenters. The van der Waals surface area contributed by atoms with Crippen LogP contribution in [-0.2, 0) is 6.42 Å². The second-order valence-corrected chi connectivity index (χ2v) is 13.1. The fourth-order valence-electron chi connectivity index (χ4n) is 6.98. The van der Waals surface area contributed by atoms with Crippen molar-refractivity contribution in [3.05, 3.63) is 150 Å². The molecule has 1 fully saturated rings. The standard InChI is InChI=1S/C42H41N3O5/c46-40(43-28-42(23-11-4-12-24-42)27-30-19-21-37-38(25-30)49-29-48-37)35-26-34(45-41(47)44-33-17-9-3-10-18-33)20-22-36(35)50-39(31-13-5-1-6-14-31)32-15-7-2-8-16-32/h1-3,5-10,13-22,25-26,39H,4,11-12,23-24,27-29H2,(H,43,46)(H2,44,45,47). The summed E-state index contributed by atoms with van der Waals surface area (Å²) in [6.07, 6.45) is 5.79. The number of hydrogen-bond donors (Lipinski definition) is 3. The SMILES string of the molecule is O=C(Nc1ccccc1)Nc1ccc(OC(c2ccccc2)c2ccccc2)c(C(=O)NCC2(Cc3ccc4c(c3)OCO4)CCCCC2)c1. The predicted molar refractivity (Wildman–Crippen MR) is 195 cm³/mol. The molecule has 8 heteroatoms. The fourth-order valence-corrected chi connectivity index (χ4v) is 6.98. The number of carbonyl (C=O) groups is 2. The molecule has 0 aromatic heterocycles. The average molecular weight is 668 g/mol. The number of ether oxygens (including phenoxy) is 3. The molecule has 0 bridgehead atoms. The van der Waals surface area contributed by atoms with Gasteiger partial charge in [0.1, 0.15) is 11.9 Å². The van der Waals surface area contributed by atoms with Gasteiger partial charge in [-0.2, -0.15) is 0 Å². The van der Waals surface area contributed by atoms with Gasteiger partial charge in [-0.25, -0.2) is 4.79 Å². The Morgan fingerprint density at radius 3 is 2.02 bits per heavy atom. The maximum absolute atomic E-state index is 14.3. The highest BCUT2D eigenvalue weighted by molar-refractivity contribution is 6.02. The molecule has 0 atom stereocenters. The molecule has 1 aliphatic heterocycles. The number of anilines is 2. The summed E-state index contributed by atoms with van der Waals surface area (Å²) in [6.45, 7) is 0.744. The maximum atomic E-state index is 14.3. The highest BCUT2D eigenvalue weighted by Gasteiger charge is 2.34. The molecule has 5 aromatic carbocycles. The van der Waals surface area contributed by atoms with Crippen LogP contribution in [0, 0.1) is 5.41 Å². The van der Waals surface area contributed by atoms with Crippen molar-refractivity contribution >= 4 is 23.3 Å². The van der Waals surface area contributed by atoms with Crippen LogP contribution in [0.4, 0.5) is 16.2 Å². The van der Waals surface area contributed by atoms with Gasteiger partial charge in [-0.05, 0) is 83.8 Å². The normalized spacial score (nSPS) is 14.5. The Balaban J connectivity index is 1.16. The zero-order valence-corrected chi connectivity index (χ0v) is 27.9. The van der Waals surface area contributed by atoms with Gasteiger partial charge in [0.15, 0.2) is 11.5 Å². The highest BCUT2D eigenvalue weighted by atomic mass is 16.7. The van der Waals surface area contributed by atoms with Crippen molar-refractivity contribution in [1.29, 1.82) is 0 Å². The van der Waals surface area contributed by atoms with Crippen molar-refractivity contribution in [2.75, 3.05) is 24.0 Å². The number of para-hydroxylation sites is 1. The minimum absolute atomic E-state index is 0.106. The van der Waals surface area contributed by atoms with Gasteiger partial charge < -0.3 is 30.2 Å². The van der Waals surface area contributed by atoms with Crippen molar-refractivity contribution in [3.63, 3.8) is 0 Å². The van der Waals surface area contributed by atoms with E-state index in [-0.39, 0.29) is 18.1 Å². The van der Waals surface area contributed by atoms with Gasteiger partial charge in [0, 0.05) is 17.9 Å². The molecule has 0 saturated heterocycles. The van der Waals surface area contributed by atoms with Gasteiger partial charge in [0.05, 0.1) is 5.56 Å². The quantitative estimate of drug-likeness (QED) is 0.131. The summed E-state index contributed by atoms with van der Waals surface area (Å²) in [5.41, 5.74) is 4.45. The Hall–Kier alpha value is -5.76. The highest BCUT2D eigenvalue weighted by Crippen LogP contribution is 2.41. The Morgan fingerprint density at radius 2 is 1.32 bits per heavy atom. The summed E-state index contributed by atoms with van der Waals surface area (Å²) in [5, 5.41) is 9.02. The van der Waals surface area contributed by atoms with E-state index >= 15 is 0 Å². The lowest BCUT2D eigenvalue weighted by Gasteiger charge is -2.38. The third kappa shape index (κ3) is 7.92. The smallest absolute Gasteiger partial charge is 0.323 e. The molecule has 0 radical (unpaired) electrons. The molecule has 3 amide bonds. The molecule has 0 spiro atoms. The second kappa shape index (κ2) is 15.2. The van der Waals surface area contributed by atoms with E-state index in [2.05, 4.69) is 28.1 Å². The topological polar surface area (TPSA) is 97.9 Å². The van der Waals surface area contributed by atoms with E-state index in [4.69, 9.17) is 14.2 Å². The molecular formula is C42H41N3O5. The summed E-state index contributed by atoms with van der Waals surface area (Å²) in [5.74, 6) is 1.69. The minimum Gasteiger partial charge on any atom is -0.480 e. The van der Waals surface area contributed by atoms with Crippen LogP contribution in [-0.4, -0.2) is 25.3 Å². The molecule has 5 aromatic rings. The summed E-state index contributed by atoms with van der Waals surface area (Å²) in [4.78, 5) is 27.2. The van der Waals surface area contributed by atoms with Gasteiger partial charge >= 0.3 is 6.03 Å². The lowest BCUT2D eigenvalue weighted by molar-refractivity contribution is 0.0902. The van der Waals surface area contributed by atoms with E-state index in [0.29, 0.717) is 29.2 Å². The van der Waals surface area contributed by atoms with E-state index in [1.807, 2.05) is 97.1 Å². The number of fused-ring (bicyclic) bond motifs is 1. The van der Waals surface area contributed by atoms with E-state index in [0.717, 1.165) is 54.7 Å². The van der Waals surface area contributed by atoms with Crippen LogP contribution >= 0.6 is 0 Å². The predicted octanol–water partition coefficient (Wildman–Crippen LogP) is 9.15. The molecule has 50 heavy (non-hydrogen) atoms. The molecule has 3 N–H and O–H groups in total. The lowest BCUT2D eigenvalue weighted by Crippen LogP contribution is -2.40. The fraction of sp³-hybridized carbons (Fsp3) is 0.238. The van der Waals surface area contributed by atoms with Crippen molar-refractivity contribution in [2.24, 2.45) is 5.41 Å². The monoisotopic (exact) mass is 667 g/mol. The summed E-state index contributed by atoms with van der Waals surface area (Å²) in [6, 6.07) is 40.1. The Morgan fingerprint density at radius 1 is 0.680 bits per heavy atom. The van der Waals surface area contributed by atoms with Crippen LogP contribution in [0.1, 0.15) is 65.3 Å². The molecule has 1 saturated carbocycles. The number of rotatable bonds is 11. The van der Waals surface area contributed by atoms with E-state index in [1.54, 1.807) is 18.2 Å². The minimum atomic E-state index is -0.458. The number of hydrogen-bond acceptors (Lipinski definition) is 5.